The van der Waals surface area contributed by atoms with Gasteiger partial charge in [0.15, 0.2) is 0 Å². The number of rotatable bonds is 4. The Labute approximate surface area is 171 Å². The van der Waals surface area contributed by atoms with Gasteiger partial charge in [0.1, 0.15) is 0 Å². The molecule has 29 heavy (non-hydrogen) atoms. The standard InChI is InChI=1S/C25H23NO2S/c1-17-12-14-20(15-13-17)29(27,28)26-24-11-7-6-10-21(24)18(2)25(26)23-16-22(23)19-8-4-3-5-9-19/h3-15,22-23H,16H2,1-2H3/t22-,23-/m1/s1. The molecule has 0 radical (unpaired) electrons. The molecule has 0 spiro atoms. The molecule has 0 aliphatic heterocycles. The lowest BCUT2D eigenvalue weighted by atomic mass is 10.1. The van der Waals surface area contributed by atoms with Crippen LogP contribution >= 0.6 is 0 Å². The molecule has 5 rings (SSSR count). The van der Waals surface area contributed by atoms with Gasteiger partial charge in [-0.05, 0) is 55.5 Å². The first kappa shape index (κ1) is 18.2. The van der Waals surface area contributed by atoms with Gasteiger partial charge in [-0.25, -0.2) is 12.4 Å². The normalized spacial score (nSPS) is 18.8. The zero-order valence-corrected chi connectivity index (χ0v) is 17.4. The molecule has 0 amide bonds. The minimum Gasteiger partial charge on any atom is -0.237 e. The molecule has 1 heterocycles. The molecular weight excluding hydrogens is 378 g/mol. The summed E-state index contributed by atoms with van der Waals surface area (Å²) in [6.45, 7) is 4.02. The summed E-state index contributed by atoms with van der Waals surface area (Å²) in [6, 6.07) is 25.4. The van der Waals surface area contributed by atoms with Crippen LogP contribution in [0.15, 0.2) is 83.8 Å². The molecule has 3 nitrogen and oxygen atoms in total. The molecule has 4 heteroatoms. The van der Waals surface area contributed by atoms with Crippen LogP contribution < -0.4 is 0 Å². The third kappa shape index (κ3) is 2.90. The molecule has 0 N–H and O–H groups in total. The largest absolute Gasteiger partial charge is 0.268 e. The number of para-hydroxylation sites is 1. The van der Waals surface area contributed by atoms with Crippen molar-refractivity contribution in [3.8, 4) is 0 Å². The second-order valence-electron chi connectivity index (χ2n) is 7.97. The van der Waals surface area contributed by atoms with Crippen molar-refractivity contribution in [1.82, 2.24) is 3.97 Å². The summed E-state index contributed by atoms with van der Waals surface area (Å²) in [6.07, 6.45) is 0.977. The molecule has 1 fully saturated rings. The van der Waals surface area contributed by atoms with E-state index in [0.717, 1.165) is 34.1 Å². The van der Waals surface area contributed by atoms with Crippen LogP contribution in [0.3, 0.4) is 0 Å². The van der Waals surface area contributed by atoms with Crippen LogP contribution in [0.5, 0.6) is 0 Å². The average Bonchev–Trinajstić information content (AvgIpc) is 3.47. The van der Waals surface area contributed by atoms with Crippen LogP contribution in [0, 0.1) is 13.8 Å². The predicted molar refractivity (Wildman–Crippen MR) is 117 cm³/mol. The maximum atomic E-state index is 13.7. The van der Waals surface area contributed by atoms with E-state index >= 15 is 0 Å². The fourth-order valence-electron chi connectivity index (χ4n) is 4.46. The Morgan fingerprint density at radius 1 is 0.793 bits per heavy atom. The monoisotopic (exact) mass is 401 g/mol. The maximum Gasteiger partial charge on any atom is 0.268 e. The van der Waals surface area contributed by atoms with E-state index in [4.69, 9.17) is 0 Å². The van der Waals surface area contributed by atoms with E-state index in [2.05, 4.69) is 31.2 Å². The minimum atomic E-state index is -3.69. The molecule has 0 bridgehead atoms. The van der Waals surface area contributed by atoms with E-state index < -0.39 is 10.0 Å². The van der Waals surface area contributed by atoms with Gasteiger partial charge >= 0.3 is 0 Å². The topological polar surface area (TPSA) is 39.1 Å². The van der Waals surface area contributed by atoms with E-state index in [-0.39, 0.29) is 5.92 Å². The van der Waals surface area contributed by atoms with Crippen molar-refractivity contribution in [2.24, 2.45) is 0 Å². The molecule has 3 aromatic carbocycles. The van der Waals surface area contributed by atoms with Crippen LogP contribution in [0.1, 0.15) is 40.6 Å². The van der Waals surface area contributed by atoms with Gasteiger partial charge in [-0.1, -0.05) is 66.2 Å². The van der Waals surface area contributed by atoms with E-state index in [1.807, 2.05) is 49.4 Å². The fourth-order valence-corrected chi connectivity index (χ4v) is 6.10. The van der Waals surface area contributed by atoms with Crippen molar-refractivity contribution in [2.75, 3.05) is 0 Å². The molecule has 1 aliphatic rings. The van der Waals surface area contributed by atoms with Crippen LogP contribution in [0.2, 0.25) is 0 Å². The number of nitrogens with zero attached hydrogens (tertiary/aromatic N) is 1. The van der Waals surface area contributed by atoms with Gasteiger partial charge < -0.3 is 0 Å². The summed E-state index contributed by atoms with van der Waals surface area (Å²) in [7, 11) is -3.69. The predicted octanol–water partition coefficient (Wildman–Crippen LogP) is 5.77. The molecule has 1 aliphatic carbocycles. The summed E-state index contributed by atoms with van der Waals surface area (Å²) >= 11 is 0. The van der Waals surface area contributed by atoms with Crippen molar-refractivity contribution in [3.63, 3.8) is 0 Å². The Morgan fingerprint density at radius 3 is 2.17 bits per heavy atom. The molecule has 1 aromatic heterocycles. The summed E-state index contributed by atoms with van der Waals surface area (Å²) < 4.78 is 29.1. The van der Waals surface area contributed by atoms with Gasteiger partial charge in [0, 0.05) is 17.0 Å². The van der Waals surface area contributed by atoms with Crippen LogP contribution in [-0.2, 0) is 10.0 Å². The average molecular weight is 402 g/mol. The SMILES string of the molecule is Cc1ccc(S(=O)(=O)n2c([C@@H]3C[C@@H]3c3ccccc3)c(C)c3ccccc32)cc1. The van der Waals surface area contributed by atoms with Gasteiger partial charge in [0.05, 0.1) is 10.4 Å². The van der Waals surface area contributed by atoms with Crippen LogP contribution in [0.25, 0.3) is 10.9 Å². The summed E-state index contributed by atoms with van der Waals surface area (Å²) in [4.78, 5) is 0.335. The Kier molecular flexibility index (Phi) is 4.14. The Balaban J connectivity index is 1.71. The number of aromatic nitrogens is 1. The lowest BCUT2D eigenvalue weighted by molar-refractivity contribution is 0.586. The maximum absolute atomic E-state index is 13.7. The number of benzene rings is 3. The highest BCUT2D eigenvalue weighted by atomic mass is 32.2. The summed E-state index contributed by atoms with van der Waals surface area (Å²) in [5, 5.41) is 1.01. The summed E-state index contributed by atoms with van der Waals surface area (Å²) in [5.74, 6) is 0.580. The van der Waals surface area contributed by atoms with E-state index in [1.165, 1.54) is 5.56 Å². The Hall–Kier alpha value is -2.85. The molecular formula is C25H23NO2S. The van der Waals surface area contributed by atoms with E-state index in [0.29, 0.717) is 10.8 Å². The van der Waals surface area contributed by atoms with Crippen molar-refractivity contribution in [3.05, 3.63) is 101 Å². The lowest BCUT2D eigenvalue weighted by Gasteiger charge is -2.13. The molecule has 146 valence electrons. The van der Waals surface area contributed by atoms with Crippen LogP contribution in [-0.4, -0.2) is 12.4 Å². The first-order valence-electron chi connectivity index (χ1n) is 9.95. The van der Waals surface area contributed by atoms with Crippen molar-refractivity contribution >= 4 is 20.9 Å². The highest BCUT2D eigenvalue weighted by Crippen LogP contribution is 2.56. The van der Waals surface area contributed by atoms with Crippen LogP contribution in [0.4, 0.5) is 0 Å². The quantitative estimate of drug-likeness (QED) is 0.436. The first-order chi connectivity index (χ1) is 14.0. The second-order valence-corrected chi connectivity index (χ2v) is 9.76. The highest BCUT2D eigenvalue weighted by Gasteiger charge is 2.44. The van der Waals surface area contributed by atoms with E-state index in [1.54, 1.807) is 16.1 Å². The van der Waals surface area contributed by atoms with Gasteiger partial charge in [-0.3, -0.25) is 0 Å². The molecule has 4 aromatic rings. The fraction of sp³-hybridized carbons (Fsp3) is 0.200. The van der Waals surface area contributed by atoms with Crippen molar-refractivity contribution in [2.45, 2.75) is 37.0 Å². The zero-order chi connectivity index (χ0) is 20.2. The zero-order valence-electron chi connectivity index (χ0n) is 16.5. The number of hydrogen-bond donors (Lipinski definition) is 0. The lowest BCUT2D eigenvalue weighted by Crippen LogP contribution is -2.16. The third-order valence-corrected chi connectivity index (χ3v) is 7.80. The van der Waals surface area contributed by atoms with Crippen molar-refractivity contribution < 1.29 is 8.42 Å². The number of hydrogen-bond acceptors (Lipinski definition) is 2. The molecule has 0 saturated heterocycles. The Bertz CT molecular complexity index is 1300. The highest BCUT2D eigenvalue weighted by molar-refractivity contribution is 7.90. The third-order valence-electron chi connectivity index (χ3n) is 6.06. The first-order valence-corrected chi connectivity index (χ1v) is 11.4. The molecule has 2 atom stereocenters. The Morgan fingerprint density at radius 2 is 1.45 bits per heavy atom. The van der Waals surface area contributed by atoms with Gasteiger partial charge in [0.2, 0.25) is 0 Å². The molecule has 1 saturated carbocycles. The van der Waals surface area contributed by atoms with Gasteiger partial charge in [0.25, 0.3) is 10.0 Å². The van der Waals surface area contributed by atoms with Gasteiger partial charge in [-0.15, -0.1) is 0 Å². The number of aryl methyl sites for hydroxylation is 2. The molecule has 0 unspecified atom stereocenters. The van der Waals surface area contributed by atoms with Crippen molar-refractivity contribution in [1.29, 1.82) is 0 Å². The smallest absolute Gasteiger partial charge is 0.237 e. The second kappa shape index (κ2) is 6.60. The summed E-state index contributed by atoms with van der Waals surface area (Å²) in [5.41, 5.74) is 5.09. The minimum absolute atomic E-state index is 0.213. The number of fused-ring (bicyclic) bond motifs is 1. The van der Waals surface area contributed by atoms with E-state index in [9.17, 15) is 8.42 Å². The van der Waals surface area contributed by atoms with Gasteiger partial charge in [-0.2, -0.15) is 0 Å².